The van der Waals surface area contributed by atoms with Crippen molar-refractivity contribution < 1.29 is 18.9 Å². The molecular formula is C19H32N4O4. The third kappa shape index (κ3) is 4.59. The summed E-state index contributed by atoms with van der Waals surface area (Å²) in [6.07, 6.45) is 0.509. The van der Waals surface area contributed by atoms with Crippen molar-refractivity contribution in [3.63, 3.8) is 0 Å². The summed E-state index contributed by atoms with van der Waals surface area (Å²) in [5.41, 5.74) is 0. The highest BCUT2D eigenvalue weighted by Crippen LogP contribution is 2.24. The molecule has 0 N–H and O–H groups in total. The van der Waals surface area contributed by atoms with Crippen molar-refractivity contribution in [3.05, 3.63) is 0 Å². The van der Waals surface area contributed by atoms with Gasteiger partial charge in [0.05, 0.1) is 28.4 Å². The predicted octanol–water partition coefficient (Wildman–Crippen LogP) is 2.37. The Morgan fingerprint density at radius 1 is 0.593 bits per heavy atom. The molecule has 2 aliphatic rings. The second-order valence-electron chi connectivity index (χ2n) is 7.33. The number of aliphatic imine (C=N–C) groups is 4. The van der Waals surface area contributed by atoms with Crippen LogP contribution in [0.25, 0.3) is 0 Å². The molecule has 0 saturated heterocycles. The van der Waals surface area contributed by atoms with E-state index in [1.54, 1.807) is 28.4 Å². The Bertz CT molecular complexity index is 586. The first-order valence-corrected chi connectivity index (χ1v) is 9.32. The van der Waals surface area contributed by atoms with Crippen LogP contribution in [0.3, 0.4) is 0 Å². The maximum absolute atomic E-state index is 5.53. The molecule has 0 aliphatic carbocycles. The lowest BCUT2D eigenvalue weighted by Gasteiger charge is -2.30. The lowest BCUT2D eigenvalue weighted by molar-refractivity contribution is 0.316. The van der Waals surface area contributed by atoms with Gasteiger partial charge in [-0.05, 0) is 11.8 Å². The van der Waals surface area contributed by atoms with Crippen molar-refractivity contribution >= 4 is 23.6 Å². The van der Waals surface area contributed by atoms with Crippen LogP contribution in [0, 0.1) is 11.8 Å². The van der Waals surface area contributed by atoms with Crippen LogP contribution < -0.4 is 0 Å². The fraction of sp³-hybridized carbons (Fsp3) is 0.789. The molecule has 0 aromatic heterocycles. The highest BCUT2D eigenvalue weighted by Gasteiger charge is 2.36. The van der Waals surface area contributed by atoms with Crippen molar-refractivity contribution in [1.82, 2.24) is 0 Å². The monoisotopic (exact) mass is 380 g/mol. The fourth-order valence-electron chi connectivity index (χ4n) is 3.24. The third-order valence-corrected chi connectivity index (χ3v) is 4.72. The molecule has 2 heterocycles. The van der Waals surface area contributed by atoms with E-state index in [4.69, 9.17) is 38.9 Å². The Kier molecular flexibility index (Phi) is 7.21. The van der Waals surface area contributed by atoms with Crippen LogP contribution in [-0.4, -0.2) is 76.2 Å². The minimum atomic E-state index is -0.317. The maximum Gasteiger partial charge on any atom is 0.209 e. The van der Waals surface area contributed by atoms with Gasteiger partial charge in [0.15, 0.2) is 0 Å². The van der Waals surface area contributed by atoms with Crippen LogP contribution in [0.1, 0.15) is 34.1 Å². The van der Waals surface area contributed by atoms with E-state index < -0.39 is 0 Å². The van der Waals surface area contributed by atoms with Crippen LogP contribution >= 0.6 is 0 Å². The SMILES string of the molecule is COC1=N[C@H](C(C)C)C(OC)=N[C@H]1C[C@@H]1N=C(OC)[C@@H](C(C)C)N=C1OC. The Balaban J connectivity index is 2.30. The summed E-state index contributed by atoms with van der Waals surface area (Å²) in [5, 5.41) is 0. The molecule has 0 spiro atoms. The van der Waals surface area contributed by atoms with E-state index in [2.05, 4.69) is 27.7 Å². The van der Waals surface area contributed by atoms with Crippen molar-refractivity contribution in [3.8, 4) is 0 Å². The topological polar surface area (TPSA) is 86.4 Å². The summed E-state index contributed by atoms with van der Waals surface area (Å²) in [6.45, 7) is 8.31. The van der Waals surface area contributed by atoms with Gasteiger partial charge in [-0.25, -0.2) is 20.0 Å². The predicted molar refractivity (Wildman–Crippen MR) is 107 cm³/mol. The molecular weight excluding hydrogens is 348 g/mol. The first kappa shape index (κ1) is 21.2. The van der Waals surface area contributed by atoms with E-state index in [1.807, 2.05) is 0 Å². The van der Waals surface area contributed by atoms with Crippen LogP contribution in [0.2, 0.25) is 0 Å². The van der Waals surface area contributed by atoms with E-state index in [0.717, 1.165) is 0 Å². The summed E-state index contributed by atoms with van der Waals surface area (Å²) in [6, 6.07) is -0.927. The first-order chi connectivity index (χ1) is 12.9. The quantitative estimate of drug-likeness (QED) is 0.749. The van der Waals surface area contributed by atoms with Gasteiger partial charge in [-0.1, -0.05) is 27.7 Å². The summed E-state index contributed by atoms with van der Waals surface area (Å²) in [7, 11) is 6.47. The number of nitrogens with zero attached hydrogens (tertiary/aromatic N) is 4. The highest BCUT2D eigenvalue weighted by atomic mass is 16.5. The molecule has 2 aliphatic heterocycles. The van der Waals surface area contributed by atoms with Gasteiger partial charge < -0.3 is 18.9 Å². The highest BCUT2D eigenvalue weighted by molar-refractivity contribution is 5.96. The molecule has 0 unspecified atom stereocenters. The molecule has 0 fully saturated rings. The van der Waals surface area contributed by atoms with Crippen molar-refractivity contribution in [2.75, 3.05) is 28.4 Å². The number of ether oxygens (including phenoxy) is 4. The molecule has 0 aromatic rings. The molecule has 2 rings (SSSR count). The third-order valence-electron chi connectivity index (χ3n) is 4.72. The minimum absolute atomic E-state index is 0.147. The molecule has 152 valence electrons. The van der Waals surface area contributed by atoms with Gasteiger partial charge in [0, 0.05) is 6.42 Å². The number of methoxy groups -OCH3 is 4. The Morgan fingerprint density at radius 2 is 0.926 bits per heavy atom. The molecule has 0 amide bonds. The zero-order valence-corrected chi connectivity index (χ0v) is 17.6. The van der Waals surface area contributed by atoms with Crippen molar-refractivity contribution in [1.29, 1.82) is 0 Å². The van der Waals surface area contributed by atoms with Gasteiger partial charge in [0.25, 0.3) is 0 Å². The normalized spacial score (nSPS) is 28.2. The van der Waals surface area contributed by atoms with Gasteiger partial charge in [0.2, 0.25) is 23.6 Å². The second kappa shape index (κ2) is 9.19. The van der Waals surface area contributed by atoms with Crippen LogP contribution in [-0.2, 0) is 18.9 Å². The fourth-order valence-corrected chi connectivity index (χ4v) is 3.24. The first-order valence-electron chi connectivity index (χ1n) is 9.32. The smallest absolute Gasteiger partial charge is 0.209 e. The zero-order chi connectivity index (χ0) is 20.1. The Hall–Kier alpha value is -2.12. The lowest BCUT2D eigenvalue weighted by atomic mass is 9.99. The number of hydrogen-bond donors (Lipinski definition) is 0. The zero-order valence-electron chi connectivity index (χ0n) is 17.6. The van der Waals surface area contributed by atoms with Gasteiger partial charge in [-0.15, -0.1) is 0 Å². The standard InChI is InChI=1S/C19H32N4O4/c1-10(2)14-18(26-7)20-12(16(22-14)24-5)9-13-17(25-6)23-15(11(3)4)19(21-13)27-8/h10-15H,9H2,1-8H3/t12-,13-,14+,15+/m0/s1. The average Bonchev–Trinajstić information content (AvgIpc) is 2.66. The molecule has 0 saturated carbocycles. The van der Waals surface area contributed by atoms with Crippen molar-refractivity contribution in [2.24, 2.45) is 31.8 Å². The van der Waals surface area contributed by atoms with Gasteiger partial charge in [0.1, 0.15) is 24.2 Å². The minimum Gasteiger partial charge on any atom is -0.483 e. The largest absolute Gasteiger partial charge is 0.483 e. The summed E-state index contributed by atoms with van der Waals surface area (Å²) in [4.78, 5) is 18.9. The molecule has 4 atom stereocenters. The summed E-state index contributed by atoms with van der Waals surface area (Å²) < 4.78 is 22.0. The lowest BCUT2D eigenvalue weighted by Crippen LogP contribution is -2.42. The van der Waals surface area contributed by atoms with E-state index in [-0.39, 0.29) is 36.0 Å². The maximum atomic E-state index is 5.53. The van der Waals surface area contributed by atoms with E-state index in [0.29, 0.717) is 30.0 Å². The molecule has 0 bridgehead atoms. The van der Waals surface area contributed by atoms with E-state index >= 15 is 0 Å². The molecule has 0 radical (unpaired) electrons. The average molecular weight is 380 g/mol. The van der Waals surface area contributed by atoms with Crippen LogP contribution in [0.5, 0.6) is 0 Å². The Morgan fingerprint density at radius 3 is 1.19 bits per heavy atom. The van der Waals surface area contributed by atoms with E-state index in [1.165, 1.54) is 0 Å². The van der Waals surface area contributed by atoms with Crippen LogP contribution in [0.4, 0.5) is 0 Å². The van der Waals surface area contributed by atoms with Crippen LogP contribution in [0.15, 0.2) is 20.0 Å². The van der Waals surface area contributed by atoms with Gasteiger partial charge >= 0.3 is 0 Å². The molecule has 0 aromatic carbocycles. The number of rotatable bonds is 4. The summed E-state index contributed by atoms with van der Waals surface area (Å²) >= 11 is 0. The number of hydrogen-bond acceptors (Lipinski definition) is 8. The summed E-state index contributed by atoms with van der Waals surface area (Å²) in [5.74, 6) is 2.88. The second-order valence-corrected chi connectivity index (χ2v) is 7.33. The van der Waals surface area contributed by atoms with Gasteiger partial charge in [-0.3, -0.25) is 0 Å². The van der Waals surface area contributed by atoms with Gasteiger partial charge in [-0.2, -0.15) is 0 Å². The molecule has 8 nitrogen and oxygen atoms in total. The van der Waals surface area contributed by atoms with Crippen molar-refractivity contribution in [2.45, 2.75) is 58.3 Å². The molecule has 27 heavy (non-hydrogen) atoms. The van der Waals surface area contributed by atoms with E-state index in [9.17, 15) is 0 Å². The molecule has 8 heteroatoms. The Labute approximate surface area is 161 Å².